The fraction of sp³-hybridized carbons (Fsp3) is 0.158. The second kappa shape index (κ2) is 5.80. The van der Waals surface area contributed by atoms with E-state index in [2.05, 4.69) is 4.98 Å². The summed E-state index contributed by atoms with van der Waals surface area (Å²) in [4.78, 5) is 41.3. The summed E-state index contributed by atoms with van der Waals surface area (Å²) in [5.74, 6) is -0.133. The van der Waals surface area contributed by atoms with Crippen LogP contribution in [0.25, 0.3) is 21.9 Å². The molecular weight excluding hydrogens is 332 g/mol. The minimum atomic E-state index is -0.466. The number of hydrogen-bond acceptors (Lipinski definition) is 4. The molecule has 0 radical (unpaired) electrons. The van der Waals surface area contributed by atoms with E-state index in [4.69, 9.17) is 0 Å². The van der Waals surface area contributed by atoms with E-state index >= 15 is 0 Å². The van der Waals surface area contributed by atoms with Crippen molar-refractivity contribution < 1.29 is 4.79 Å². The van der Waals surface area contributed by atoms with Crippen molar-refractivity contribution in [1.29, 1.82) is 0 Å². The summed E-state index contributed by atoms with van der Waals surface area (Å²) >= 11 is 0. The van der Waals surface area contributed by atoms with Crippen LogP contribution >= 0.6 is 0 Å². The first-order valence-corrected chi connectivity index (χ1v) is 8.10. The van der Waals surface area contributed by atoms with Crippen molar-refractivity contribution >= 4 is 27.7 Å². The molecular formula is C19H16N4O3. The molecule has 130 valence electrons. The first-order valence-electron chi connectivity index (χ1n) is 8.10. The standard InChI is InChI=1S/C19H16N4O3/c1-21-17-16(18(25)22(2)19(21)26)23(11-20-17)10-15(24)14-8-7-12-5-3-4-6-13(12)9-14/h3-9,11H,10H2,1-2H3. The second-order valence-electron chi connectivity index (χ2n) is 6.24. The maximum atomic E-state index is 12.7. The third-order valence-corrected chi connectivity index (χ3v) is 4.60. The van der Waals surface area contributed by atoms with Crippen molar-refractivity contribution in [2.45, 2.75) is 6.54 Å². The number of aryl methyl sites for hydroxylation is 1. The predicted octanol–water partition coefficient (Wildman–Crippen LogP) is 1.47. The van der Waals surface area contributed by atoms with Gasteiger partial charge in [-0.3, -0.25) is 18.7 Å². The smallest absolute Gasteiger partial charge is 0.317 e. The summed E-state index contributed by atoms with van der Waals surface area (Å²) in [5.41, 5.74) is 0.154. The predicted molar refractivity (Wildman–Crippen MR) is 98.5 cm³/mol. The molecule has 26 heavy (non-hydrogen) atoms. The second-order valence-corrected chi connectivity index (χ2v) is 6.24. The van der Waals surface area contributed by atoms with Gasteiger partial charge >= 0.3 is 5.69 Å². The number of fused-ring (bicyclic) bond motifs is 2. The molecule has 0 aliphatic heterocycles. The summed E-state index contributed by atoms with van der Waals surface area (Å²) < 4.78 is 3.81. The van der Waals surface area contributed by atoms with Gasteiger partial charge in [-0.1, -0.05) is 36.4 Å². The zero-order valence-electron chi connectivity index (χ0n) is 14.3. The number of carbonyl (C=O) groups excluding carboxylic acids is 1. The highest BCUT2D eigenvalue weighted by Gasteiger charge is 2.16. The van der Waals surface area contributed by atoms with E-state index in [-0.39, 0.29) is 23.5 Å². The van der Waals surface area contributed by atoms with Gasteiger partial charge in [0.2, 0.25) is 0 Å². The first-order chi connectivity index (χ1) is 12.5. The maximum Gasteiger partial charge on any atom is 0.332 e. The molecule has 0 amide bonds. The van der Waals surface area contributed by atoms with Crippen molar-refractivity contribution in [2.24, 2.45) is 14.1 Å². The normalized spacial score (nSPS) is 11.3. The van der Waals surface area contributed by atoms with Crippen molar-refractivity contribution in [3.05, 3.63) is 75.2 Å². The van der Waals surface area contributed by atoms with E-state index in [0.29, 0.717) is 5.56 Å². The van der Waals surface area contributed by atoms with Gasteiger partial charge in [0.1, 0.15) is 0 Å². The fourth-order valence-corrected chi connectivity index (χ4v) is 3.13. The molecule has 0 saturated heterocycles. The zero-order valence-corrected chi connectivity index (χ0v) is 14.3. The van der Waals surface area contributed by atoms with Crippen LogP contribution in [0.15, 0.2) is 58.4 Å². The SMILES string of the molecule is Cn1c(=O)c2c(ncn2CC(=O)c2ccc3ccccc3c2)n(C)c1=O. The molecule has 2 heterocycles. The van der Waals surface area contributed by atoms with Crippen LogP contribution in [0.4, 0.5) is 0 Å². The lowest BCUT2D eigenvalue weighted by atomic mass is 10.0. The van der Waals surface area contributed by atoms with Gasteiger partial charge in [0.15, 0.2) is 16.9 Å². The Kier molecular flexibility index (Phi) is 3.57. The summed E-state index contributed by atoms with van der Waals surface area (Å²) in [6, 6.07) is 13.3. The van der Waals surface area contributed by atoms with Crippen molar-refractivity contribution in [2.75, 3.05) is 0 Å². The third-order valence-electron chi connectivity index (χ3n) is 4.60. The average molecular weight is 348 g/mol. The van der Waals surface area contributed by atoms with E-state index < -0.39 is 11.2 Å². The minimum absolute atomic E-state index is 0.0255. The number of carbonyl (C=O) groups is 1. The molecule has 0 aliphatic rings. The highest BCUT2D eigenvalue weighted by molar-refractivity contribution is 6.00. The Morgan fingerprint density at radius 1 is 1.00 bits per heavy atom. The lowest BCUT2D eigenvalue weighted by Gasteiger charge is -2.07. The lowest BCUT2D eigenvalue weighted by Crippen LogP contribution is -2.37. The quantitative estimate of drug-likeness (QED) is 0.525. The van der Waals surface area contributed by atoms with Crippen LogP contribution in [0.3, 0.4) is 0 Å². The van der Waals surface area contributed by atoms with Crippen LogP contribution in [0.5, 0.6) is 0 Å². The Morgan fingerprint density at radius 2 is 1.73 bits per heavy atom. The van der Waals surface area contributed by atoms with E-state index in [9.17, 15) is 14.4 Å². The Hall–Kier alpha value is -3.48. The third kappa shape index (κ3) is 2.36. The molecule has 0 spiro atoms. The fourth-order valence-electron chi connectivity index (χ4n) is 3.13. The van der Waals surface area contributed by atoms with Gasteiger partial charge in [0.25, 0.3) is 5.56 Å². The van der Waals surface area contributed by atoms with Crippen LogP contribution in [0, 0.1) is 0 Å². The molecule has 0 unspecified atom stereocenters. The van der Waals surface area contributed by atoms with Crippen LogP contribution in [0.1, 0.15) is 10.4 Å². The van der Waals surface area contributed by atoms with Crippen LogP contribution < -0.4 is 11.2 Å². The monoisotopic (exact) mass is 348 g/mol. The topological polar surface area (TPSA) is 78.9 Å². The van der Waals surface area contributed by atoms with E-state index in [0.717, 1.165) is 15.3 Å². The van der Waals surface area contributed by atoms with Gasteiger partial charge < -0.3 is 4.57 Å². The van der Waals surface area contributed by atoms with Gasteiger partial charge in [-0.05, 0) is 16.8 Å². The first kappa shape index (κ1) is 16.0. The van der Waals surface area contributed by atoms with Gasteiger partial charge in [0.05, 0.1) is 12.9 Å². The number of hydrogen-bond donors (Lipinski definition) is 0. The molecule has 2 aromatic carbocycles. The summed E-state index contributed by atoms with van der Waals surface area (Å²) in [6.07, 6.45) is 1.42. The Balaban J connectivity index is 1.78. The molecule has 4 rings (SSSR count). The molecule has 0 N–H and O–H groups in total. The number of nitrogens with zero attached hydrogens (tertiary/aromatic N) is 4. The Bertz CT molecular complexity index is 1290. The summed E-state index contributed by atoms with van der Waals surface area (Å²) in [5, 5.41) is 2.04. The maximum absolute atomic E-state index is 12.7. The molecule has 0 fully saturated rings. The molecule has 7 nitrogen and oxygen atoms in total. The Labute approximate surface area is 147 Å². The number of rotatable bonds is 3. The zero-order chi connectivity index (χ0) is 18.4. The molecule has 7 heteroatoms. The molecule has 0 bridgehead atoms. The molecule has 4 aromatic rings. The van der Waals surface area contributed by atoms with Gasteiger partial charge in [0, 0.05) is 19.7 Å². The highest BCUT2D eigenvalue weighted by Crippen LogP contribution is 2.17. The number of imidazole rings is 1. The van der Waals surface area contributed by atoms with E-state index in [1.165, 1.54) is 22.5 Å². The van der Waals surface area contributed by atoms with E-state index in [1.807, 2.05) is 36.4 Å². The minimum Gasteiger partial charge on any atom is -0.317 e. The largest absolute Gasteiger partial charge is 0.332 e. The van der Waals surface area contributed by atoms with Crippen molar-refractivity contribution in [3.8, 4) is 0 Å². The summed E-state index contributed by atoms with van der Waals surface area (Å²) in [6.45, 7) is -0.0255. The van der Waals surface area contributed by atoms with Crippen LogP contribution in [-0.2, 0) is 20.6 Å². The molecule has 0 atom stereocenters. The number of ketones is 1. The lowest BCUT2D eigenvalue weighted by molar-refractivity contribution is 0.0973. The van der Waals surface area contributed by atoms with Gasteiger partial charge in [-0.25, -0.2) is 9.78 Å². The Morgan fingerprint density at radius 3 is 2.50 bits per heavy atom. The van der Waals surface area contributed by atoms with Crippen molar-refractivity contribution in [3.63, 3.8) is 0 Å². The average Bonchev–Trinajstić information content (AvgIpc) is 3.08. The number of aromatic nitrogens is 4. The van der Waals surface area contributed by atoms with Crippen molar-refractivity contribution in [1.82, 2.24) is 18.7 Å². The molecule has 2 aromatic heterocycles. The highest BCUT2D eigenvalue weighted by atomic mass is 16.2. The van der Waals surface area contributed by atoms with Crippen LogP contribution in [0.2, 0.25) is 0 Å². The van der Waals surface area contributed by atoms with Gasteiger partial charge in [-0.15, -0.1) is 0 Å². The number of Topliss-reactive ketones (excluding diaryl/α,β-unsaturated/α-hetero) is 1. The number of benzene rings is 2. The van der Waals surface area contributed by atoms with Gasteiger partial charge in [-0.2, -0.15) is 0 Å². The molecule has 0 saturated carbocycles. The molecule has 0 aliphatic carbocycles. The van der Waals surface area contributed by atoms with E-state index in [1.54, 1.807) is 13.1 Å². The summed E-state index contributed by atoms with van der Waals surface area (Å²) in [7, 11) is 2.96. The van der Waals surface area contributed by atoms with Crippen LogP contribution in [-0.4, -0.2) is 24.5 Å².